The molecule has 0 bridgehead atoms. The number of nitriles is 1. The topological polar surface area (TPSA) is 128 Å². The molecule has 0 saturated heterocycles. The van der Waals surface area contributed by atoms with Gasteiger partial charge in [-0.15, -0.1) is 0 Å². The fourth-order valence-corrected chi connectivity index (χ4v) is 2.77. The van der Waals surface area contributed by atoms with Gasteiger partial charge in [-0.3, -0.25) is 4.79 Å². The van der Waals surface area contributed by atoms with Gasteiger partial charge in [-0.05, 0) is 43.0 Å². The van der Waals surface area contributed by atoms with Crippen molar-refractivity contribution in [1.82, 2.24) is 9.97 Å². The van der Waals surface area contributed by atoms with Crippen LogP contribution in [0.2, 0.25) is 0 Å². The van der Waals surface area contributed by atoms with Crippen LogP contribution in [-0.4, -0.2) is 15.9 Å². The molecule has 0 amide bonds. The van der Waals surface area contributed by atoms with Crippen LogP contribution in [0.15, 0.2) is 6.07 Å². The van der Waals surface area contributed by atoms with E-state index in [2.05, 4.69) is 9.97 Å². The summed E-state index contributed by atoms with van der Waals surface area (Å²) < 4.78 is 5.14. The summed E-state index contributed by atoms with van der Waals surface area (Å²) in [4.78, 5) is 19.2. The lowest BCUT2D eigenvalue weighted by Gasteiger charge is -2.18. The Morgan fingerprint density at radius 1 is 1.25 bits per heavy atom. The molecule has 0 spiro atoms. The molecule has 7 heteroatoms. The number of rotatable bonds is 3. The number of carbonyl (C=O) groups is 1. The SMILES string of the molecule is CC(=O)OCc1c(C)cc(C)c(-c2nc(N)nc(N)c2C#N)c1C. The number of nitrogen functional groups attached to an aromatic ring is 2. The van der Waals surface area contributed by atoms with Gasteiger partial charge in [0, 0.05) is 12.5 Å². The third-order valence-corrected chi connectivity index (χ3v) is 3.85. The van der Waals surface area contributed by atoms with Crippen molar-refractivity contribution >= 4 is 17.7 Å². The van der Waals surface area contributed by atoms with E-state index in [1.807, 2.05) is 32.9 Å². The largest absolute Gasteiger partial charge is 0.461 e. The van der Waals surface area contributed by atoms with Crippen molar-refractivity contribution in [3.63, 3.8) is 0 Å². The molecule has 7 nitrogen and oxygen atoms in total. The molecule has 0 saturated carbocycles. The number of carbonyl (C=O) groups excluding carboxylic acids is 1. The van der Waals surface area contributed by atoms with Crippen molar-refractivity contribution in [2.24, 2.45) is 0 Å². The first-order chi connectivity index (χ1) is 11.3. The molecule has 0 radical (unpaired) electrons. The number of anilines is 2. The molecule has 0 aliphatic heterocycles. The Bertz CT molecular complexity index is 869. The van der Waals surface area contributed by atoms with Gasteiger partial charge in [0.05, 0.1) is 5.69 Å². The van der Waals surface area contributed by atoms with Gasteiger partial charge in [-0.25, -0.2) is 4.98 Å². The maximum absolute atomic E-state index is 11.1. The smallest absolute Gasteiger partial charge is 0.302 e. The van der Waals surface area contributed by atoms with E-state index in [1.54, 1.807) is 0 Å². The molecule has 24 heavy (non-hydrogen) atoms. The molecule has 4 N–H and O–H groups in total. The molecule has 0 aliphatic carbocycles. The number of benzene rings is 1. The third kappa shape index (κ3) is 3.13. The summed E-state index contributed by atoms with van der Waals surface area (Å²) in [6, 6.07) is 3.99. The number of hydrogen-bond acceptors (Lipinski definition) is 7. The molecule has 2 aromatic rings. The lowest BCUT2D eigenvalue weighted by molar-refractivity contribution is -0.142. The molecule has 0 aliphatic rings. The fraction of sp³-hybridized carbons (Fsp3) is 0.294. The van der Waals surface area contributed by atoms with Crippen LogP contribution in [0.5, 0.6) is 0 Å². The van der Waals surface area contributed by atoms with E-state index in [4.69, 9.17) is 16.2 Å². The van der Waals surface area contributed by atoms with E-state index in [0.29, 0.717) is 5.69 Å². The van der Waals surface area contributed by atoms with Gasteiger partial charge in [0.25, 0.3) is 0 Å². The van der Waals surface area contributed by atoms with Crippen LogP contribution in [0.4, 0.5) is 11.8 Å². The highest BCUT2D eigenvalue weighted by Gasteiger charge is 2.20. The van der Waals surface area contributed by atoms with Gasteiger partial charge < -0.3 is 16.2 Å². The Kier molecular flexibility index (Phi) is 4.69. The minimum Gasteiger partial charge on any atom is -0.461 e. The number of aromatic nitrogens is 2. The predicted octanol–water partition coefficient (Wildman–Crippen LogP) is 2.17. The van der Waals surface area contributed by atoms with Crippen molar-refractivity contribution in [2.45, 2.75) is 34.3 Å². The number of nitrogens with two attached hydrogens (primary N) is 2. The zero-order chi connectivity index (χ0) is 18.0. The molecule has 1 heterocycles. The zero-order valence-corrected chi connectivity index (χ0v) is 14.1. The second-order valence-electron chi connectivity index (χ2n) is 5.57. The van der Waals surface area contributed by atoms with E-state index in [0.717, 1.165) is 27.8 Å². The predicted molar refractivity (Wildman–Crippen MR) is 90.7 cm³/mol. The Labute approximate surface area is 140 Å². The summed E-state index contributed by atoms with van der Waals surface area (Å²) in [5.74, 6) is -0.313. The monoisotopic (exact) mass is 325 g/mol. The second kappa shape index (κ2) is 6.54. The Morgan fingerprint density at radius 2 is 1.92 bits per heavy atom. The molecule has 0 fully saturated rings. The standard InChI is InChI=1S/C17H19N5O2/c1-8-5-9(2)14(10(3)13(8)7-24-11(4)23)15-12(6-18)16(19)22-17(20)21-15/h5H,7H2,1-4H3,(H4,19,20,21,22). The summed E-state index contributed by atoms with van der Waals surface area (Å²) in [7, 11) is 0. The summed E-state index contributed by atoms with van der Waals surface area (Å²) in [6.45, 7) is 7.26. The first-order valence-corrected chi connectivity index (χ1v) is 7.32. The molecule has 2 rings (SSSR count). The van der Waals surface area contributed by atoms with E-state index in [1.165, 1.54) is 6.92 Å². The second-order valence-corrected chi connectivity index (χ2v) is 5.57. The number of aryl methyl sites for hydroxylation is 2. The maximum Gasteiger partial charge on any atom is 0.302 e. The average Bonchev–Trinajstić information content (AvgIpc) is 2.45. The van der Waals surface area contributed by atoms with E-state index in [9.17, 15) is 10.1 Å². The fourth-order valence-electron chi connectivity index (χ4n) is 2.77. The van der Waals surface area contributed by atoms with Crippen molar-refractivity contribution in [3.05, 3.63) is 33.9 Å². The Balaban J connectivity index is 2.74. The molecule has 0 unspecified atom stereocenters. The van der Waals surface area contributed by atoms with E-state index >= 15 is 0 Å². The lowest BCUT2D eigenvalue weighted by Crippen LogP contribution is -2.09. The Morgan fingerprint density at radius 3 is 2.50 bits per heavy atom. The number of hydrogen-bond donors (Lipinski definition) is 2. The van der Waals surface area contributed by atoms with Gasteiger partial charge in [0.15, 0.2) is 0 Å². The van der Waals surface area contributed by atoms with Gasteiger partial charge in [-0.2, -0.15) is 10.2 Å². The van der Waals surface area contributed by atoms with Crippen LogP contribution in [0, 0.1) is 32.1 Å². The average molecular weight is 325 g/mol. The van der Waals surface area contributed by atoms with Crippen molar-refractivity contribution in [1.29, 1.82) is 5.26 Å². The lowest BCUT2D eigenvalue weighted by atomic mass is 9.90. The van der Waals surface area contributed by atoms with Gasteiger partial charge in [0.1, 0.15) is 24.1 Å². The van der Waals surface area contributed by atoms with Crippen molar-refractivity contribution in [2.75, 3.05) is 11.5 Å². The molecular formula is C17H19N5O2. The molecule has 124 valence electrons. The van der Waals surface area contributed by atoms with E-state index < -0.39 is 0 Å². The Hall–Kier alpha value is -3.14. The van der Waals surface area contributed by atoms with Crippen LogP contribution in [0.25, 0.3) is 11.3 Å². The zero-order valence-electron chi connectivity index (χ0n) is 14.1. The first-order valence-electron chi connectivity index (χ1n) is 7.32. The summed E-state index contributed by atoms with van der Waals surface area (Å²) >= 11 is 0. The molecule has 1 aromatic heterocycles. The minimum absolute atomic E-state index is 0.00223. The highest BCUT2D eigenvalue weighted by atomic mass is 16.5. The van der Waals surface area contributed by atoms with Crippen molar-refractivity contribution < 1.29 is 9.53 Å². The first kappa shape index (κ1) is 17.2. The van der Waals surface area contributed by atoms with Gasteiger partial charge >= 0.3 is 5.97 Å². The molecule has 0 atom stereocenters. The number of esters is 1. The molecule has 1 aromatic carbocycles. The number of ether oxygens (including phenoxy) is 1. The van der Waals surface area contributed by atoms with Gasteiger partial charge in [0.2, 0.25) is 5.95 Å². The highest BCUT2D eigenvalue weighted by molar-refractivity contribution is 5.78. The van der Waals surface area contributed by atoms with Crippen LogP contribution in [0.3, 0.4) is 0 Å². The van der Waals surface area contributed by atoms with Crippen LogP contribution in [-0.2, 0) is 16.1 Å². The summed E-state index contributed by atoms with van der Waals surface area (Å²) in [6.07, 6.45) is 0. The summed E-state index contributed by atoms with van der Waals surface area (Å²) in [5, 5.41) is 9.41. The maximum atomic E-state index is 11.1. The van der Waals surface area contributed by atoms with Crippen molar-refractivity contribution in [3.8, 4) is 17.3 Å². The highest BCUT2D eigenvalue weighted by Crippen LogP contribution is 2.34. The number of nitrogens with zero attached hydrogens (tertiary/aromatic N) is 3. The van der Waals surface area contributed by atoms with Crippen LogP contribution < -0.4 is 11.5 Å². The van der Waals surface area contributed by atoms with E-state index in [-0.39, 0.29) is 29.9 Å². The minimum atomic E-state index is -0.357. The third-order valence-electron chi connectivity index (χ3n) is 3.85. The normalized spacial score (nSPS) is 10.3. The quantitative estimate of drug-likeness (QED) is 0.827. The van der Waals surface area contributed by atoms with Crippen LogP contribution in [0.1, 0.15) is 34.7 Å². The summed E-state index contributed by atoms with van der Waals surface area (Å²) in [5.41, 5.74) is 16.5. The van der Waals surface area contributed by atoms with Crippen LogP contribution >= 0.6 is 0 Å². The van der Waals surface area contributed by atoms with Gasteiger partial charge in [-0.1, -0.05) is 6.07 Å². The molecular weight excluding hydrogens is 306 g/mol.